The van der Waals surface area contributed by atoms with Crippen LogP contribution in [0.2, 0.25) is 0 Å². The number of aromatic nitrogens is 1. The Hall–Kier alpha value is -4.79. The van der Waals surface area contributed by atoms with Gasteiger partial charge >= 0.3 is 0 Å². The van der Waals surface area contributed by atoms with Crippen LogP contribution in [-0.2, 0) is 9.59 Å². The molecule has 0 saturated heterocycles. The maximum absolute atomic E-state index is 14.0. The number of ether oxygens (including phenoxy) is 4. The molecule has 0 saturated carbocycles. The molecular formula is C33H35N3O6. The van der Waals surface area contributed by atoms with E-state index in [0.29, 0.717) is 58.3 Å². The second kappa shape index (κ2) is 12.0. The Morgan fingerprint density at radius 1 is 0.881 bits per heavy atom. The third-order valence-corrected chi connectivity index (χ3v) is 7.83. The van der Waals surface area contributed by atoms with Gasteiger partial charge in [-0.3, -0.25) is 9.59 Å². The summed E-state index contributed by atoms with van der Waals surface area (Å²) in [6, 6.07) is 15.0. The highest BCUT2D eigenvalue weighted by atomic mass is 16.5. The van der Waals surface area contributed by atoms with Crippen molar-refractivity contribution < 1.29 is 28.5 Å². The van der Waals surface area contributed by atoms with Gasteiger partial charge in [0.1, 0.15) is 11.6 Å². The fourth-order valence-corrected chi connectivity index (χ4v) is 5.78. The molecule has 1 aromatic heterocycles. The van der Waals surface area contributed by atoms with E-state index in [0.717, 1.165) is 22.6 Å². The van der Waals surface area contributed by atoms with Crippen LogP contribution in [0.4, 0.5) is 5.82 Å². The molecule has 2 aromatic carbocycles. The zero-order chi connectivity index (χ0) is 30.0. The molecule has 3 aromatic rings. The molecule has 0 fully saturated rings. The molecule has 1 amide bonds. The molecule has 9 heteroatoms. The molecule has 0 radical (unpaired) electrons. The van der Waals surface area contributed by atoms with Gasteiger partial charge in [0.05, 0.1) is 28.4 Å². The Morgan fingerprint density at radius 3 is 2.14 bits per heavy atom. The maximum Gasteiger partial charge on any atom is 0.255 e. The lowest BCUT2D eigenvalue weighted by Gasteiger charge is -2.37. The summed E-state index contributed by atoms with van der Waals surface area (Å²) in [5.41, 5.74) is 5.14. The number of carbonyl (C=O) groups excluding carboxylic acids is 2. The molecule has 2 heterocycles. The number of hydrogen-bond donors (Lipinski definition) is 2. The lowest BCUT2D eigenvalue weighted by molar-refractivity contribution is -0.116. The van der Waals surface area contributed by atoms with Gasteiger partial charge in [0.15, 0.2) is 17.3 Å². The first-order valence-electron chi connectivity index (χ1n) is 13.7. The average molecular weight is 570 g/mol. The number of dihydropyridines is 1. The van der Waals surface area contributed by atoms with Gasteiger partial charge < -0.3 is 29.6 Å². The van der Waals surface area contributed by atoms with Crippen molar-refractivity contribution in [3.05, 3.63) is 94.0 Å². The van der Waals surface area contributed by atoms with Gasteiger partial charge in [-0.25, -0.2) is 4.98 Å². The normalized spacial score (nSPS) is 18.2. The summed E-state index contributed by atoms with van der Waals surface area (Å²) in [4.78, 5) is 32.3. The number of rotatable bonds is 8. The molecule has 42 heavy (non-hydrogen) atoms. The number of nitrogens with one attached hydrogen (secondary N) is 2. The van der Waals surface area contributed by atoms with Gasteiger partial charge in [-0.05, 0) is 73.2 Å². The van der Waals surface area contributed by atoms with Crippen LogP contribution in [-0.4, -0.2) is 45.1 Å². The van der Waals surface area contributed by atoms with Gasteiger partial charge in [-0.15, -0.1) is 0 Å². The summed E-state index contributed by atoms with van der Waals surface area (Å²) in [6.45, 7) is 3.78. The minimum atomic E-state index is -0.676. The molecule has 1 aliphatic heterocycles. The number of carbonyl (C=O) groups is 2. The first-order chi connectivity index (χ1) is 20.3. The number of amides is 1. The van der Waals surface area contributed by atoms with E-state index in [-0.39, 0.29) is 17.6 Å². The third kappa shape index (κ3) is 5.42. The Bertz CT molecular complexity index is 1550. The highest BCUT2D eigenvalue weighted by molar-refractivity contribution is 6.09. The van der Waals surface area contributed by atoms with Crippen molar-refractivity contribution in [2.45, 2.75) is 38.5 Å². The van der Waals surface area contributed by atoms with Gasteiger partial charge in [0, 0.05) is 41.1 Å². The predicted molar refractivity (Wildman–Crippen MR) is 159 cm³/mol. The molecule has 1 aliphatic carbocycles. The predicted octanol–water partition coefficient (Wildman–Crippen LogP) is 5.42. The number of anilines is 1. The number of ketones is 1. The molecule has 9 nitrogen and oxygen atoms in total. The topological polar surface area (TPSA) is 108 Å². The second-order valence-corrected chi connectivity index (χ2v) is 10.4. The van der Waals surface area contributed by atoms with Gasteiger partial charge in [0.2, 0.25) is 5.75 Å². The zero-order valence-corrected chi connectivity index (χ0v) is 24.7. The first-order valence-corrected chi connectivity index (χ1v) is 13.7. The SMILES string of the molecule is COc1ccc(C2CC(=O)C3=C(C2)NC(C)=C(C(=O)Nc2ccc(C)cn2)C3c2cc(OC)c(OC)c(OC)c2)cc1. The monoisotopic (exact) mass is 569 g/mol. The summed E-state index contributed by atoms with van der Waals surface area (Å²) in [6.07, 6.45) is 2.61. The average Bonchev–Trinajstić information content (AvgIpc) is 3.00. The van der Waals surface area contributed by atoms with E-state index in [1.54, 1.807) is 31.5 Å². The molecule has 218 valence electrons. The minimum absolute atomic E-state index is 0.0184. The van der Waals surface area contributed by atoms with Crippen LogP contribution in [0, 0.1) is 6.92 Å². The van der Waals surface area contributed by atoms with Crippen molar-refractivity contribution in [1.29, 1.82) is 0 Å². The fraction of sp³-hybridized carbons (Fsp3) is 0.303. The van der Waals surface area contributed by atoms with Crippen molar-refractivity contribution in [3.8, 4) is 23.0 Å². The molecule has 5 rings (SSSR count). The molecular weight excluding hydrogens is 534 g/mol. The van der Waals surface area contributed by atoms with E-state index >= 15 is 0 Å². The molecule has 0 spiro atoms. The number of nitrogens with zero attached hydrogens (tertiary/aromatic N) is 1. The van der Waals surface area contributed by atoms with Crippen LogP contribution >= 0.6 is 0 Å². The number of aryl methyl sites for hydroxylation is 1. The number of methoxy groups -OCH3 is 4. The van der Waals surface area contributed by atoms with E-state index in [9.17, 15) is 9.59 Å². The molecule has 2 atom stereocenters. The highest BCUT2D eigenvalue weighted by Gasteiger charge is 2.41. The standard InChI is InChI=1S/C33H35N3O6/c1-18-7-12-28(34-17-18)36-33(38)29-19(2)35-24-13-21(20-8-10-23(39-3)11-9-20)14-25(37)31(24)30(29)22-15-26(40-4)32(42-6)27(16-22)41-5/h7-12,15-17,21,30,35H,13-14H2,1-6H3,(H,34,36,38). The van der Waals surface area contributed by atoms with E-state index in [2.05, 4.69) is 15.6 Å². The summed E-state index contributed by atoms with van der Waals surface area (Å²) in [7, 11) is 6.24. The summed E-state index contributed by atoms with van der Waals surface area (Å²) >= 11 is 0. The summed E-state index contributed by atoms with van der Waals surface area (Å²) in [5.74, 6) is 1.40. The Balaban J connectivity index is 1.61. The van der Waals surface area contributed by atoms with Crippen LogP contribution < -0.4 is 29.6 Å². The number of allylic oxidation sites excluding steroid dienone is 3. The van der Waals surface area contributed by atoms with Crippen LogP contribution in [0.15, 0.2) is 77.3 Å². The molecule has 2 aliphatic rings. The van der Waals surface area contributed by atoms with Crippen molar-refractivity contribution >= 4 is 17.5 Å². The van der Waals surface area contributed by atoms with Gasteiger partial charge in [-0.1, -0.05) is 18.2 Å². The van der Waals surface area contributed by atoms with Crippen LogP contribution in [0.25, 0.3) is 0 Å². The van der Waals surface area contributed by atoms with Crippen LogP contribution in [0.3, 0.4) is 0 Å². The maximum atomic E-state index is 14.0. The largest absolute Gasteiger partial charge is 0.497 e. The summed E-state index contributed by atoms with van der Waals surface area (Å²) < 4.78 is 22.1. The second-order valence-electron chi connectivity index (χ2n) is 10.4. The Morgan fingerprint density at radius 2 is 1.57 bits per heavy atom. The first kappa shape index (κ1) is 28.7. The smallest absolute Gasteiger partial charge is 0.255 e. The number of Topliss-reactive ketones (excluding diaryl/α,β-unsaturated/α-hetero) is 1. The van der Waals surface area contributed by atoms with Gasteiger partial charge in [-0.2, -0.15) is 0 Å². The number of benzene rings is 2. The fourth-order valence-electron chi connectivity index (χ4n) is 5.78. The number of hydrogen-bond acceptors (Lipinski definition) is 8. The van der Waals surface area contributed by atoms with Crippen LogP contribution in [0.5, 0.6) is 23.0 Å². The molecule has 0 bridgehead atoms. The molecule has 2 unspecified atom stereocenters. The number of pyridine rings is 1. The van der Waals surface area contributed by atoms with Crippen molar-refractivity contribution in [1.82, 2.24) is 10.3 Å². The van der Waals surface area contributed by atoms with Crippen molar-refractivity contribution in [3.63, 3.8) is 0 Å². The van der Waals surface area contributed by atoms with E-state index in [1.807, 2.05) is 44.2 Å². The van der Waals surface area contributed by atoms with E-state index < -0.39 is 5.92 Å². The van der Waals surface area contributed by atoms with Crippen molar-refractivity contribution in [2.24, 2.45) is 0 Å². The van der Waals surface area contributed by atoms with E-state index in [4.69, 9.17) is 18.9 Å². The lowest BCUT2D eigenvalue weighted by atomic mass is 9.71. The van der Waals surface area contributed by atoms with Gasteiger partial charge in [0.25, 0.3) is 5.91 Å². The Labute approximate surface area is 245 Å². The van der Waals surface area contributed by atoms with Crippen LogP contribution in [0.1, 0.15) is 48.3 Å². The minimum Gasteiger partial charge on any atom is -0.497 e. The Kier molecular flexibility index (Phi) is 8.20. The quantitative estimate of drug-likeness (QED) is 0.370. The molecule has 2 N–H and O–H groups in total. The summed E-state index contributed by atoms with van der Waals surface area (Å²) in [5, 5.41) is 6.35. The third-order valence-electron chi connectivity index (χ3n) is 7.83. The highest BCUT2D eigenvalue weighted by Crippen LogP contribution is 2.49. The lowest BCUT2D eigenvalue weighted by Crippen LogP contribution is -2.37. The van der Waals surface area contributed by atoms with Crippen molar-refractivity contribution in [2.75, 3.05) is 33.8 Å². The zero-order valence-electron chi connectivity index (χ0n) is 24.7. The van der Waals surface area contributed by atoms with E-state index in [1.165, 1.54) is 21.3 Å².